The average Bonchev–Trinajstić information content (AvgIpc) is 3.23. The molecule has 1 saturated heterocycles. The monoisotopic (exact) mass is 419 g/mol. The van der Waals surface area contributed by atoms with Gasteiger partial charge in [0.1, 0.15) is 6.61 Å². The summed E-state index contributed by atoms with van der Waals surface area (Å²) in [5, 5.41) is 9.25. The number of rotatable bonds is 3. The van der Waals surface area contributed by atoms with E-state index in [1.807, 2.05) is 48.5 Å². The van der Waals surface area contributed by atoms with Crippen molar-refractivity contribution in [2.24, 2.45) is 11.3 Å². The quantitative estimate of drug-likeness (QED) is 0.795. The zero-order chi connectivity index (χ0) is 21.7. The van der Waals surface area contributed by atoms with E-state index >= 15 is 0 Å². The number of carbonyl (C=O) groups excluding carboxylic acids is 1. The molecule has 0 radical (unpaired) electrons. The number of hydrogen-bond acceptors (Lipinski definition) is 3. The SMILES string of the molecule is C[C@]1(C(F)(F)F)CN(C(=O)OCC2c3ccccc3-c3ccccc32)C[C@@H]1C(=O)O. The maximum absolute atomic E-state index is 13.5. The largest absolute Gasteiger partial charge is 0.481 e. The molecule has 158 valence electrons. The first-order valence-corrected chi connectivity index (χ1v) is 9.53. The van der Waals surface area contributed by atoms with Crippen LogP contribution >= 0.6 is 0 Å². The Balaban J connectivity index is 1.52. The number of aliphatic carboxylic acids is 1. The number of carbonyl (C=O) groups is 2. The van der Waals surface area contributed by atoms with Gasteiger partial charge in [-0.2, -0.15) is 13.2 Å². The van der Waals surface area contributed by atoms with E-state index in [9.17, 15) is 27.9 Å². The lowest BCUT2D eigenvalue weighted by Crippen LogP contribution is -2.45. The fraction of sp³-hybridized carbons (Fsp3) is 0.364. The van der Waals surface area contributed by atoms with E-state index in [4.69, 9.17) is 4.74 Å². The Morgan fingerprint density at radius 3 is 2.10 bits per heavy atom. The molecule has 2 aromatic rings. The highest BCUT2D eigenvalue weighted by Gasteiger charge is 2.63. The summed E-state index contributed by atoms with van der Waals surface area (Å²) in [5.41, 5.74) is 1.51. The zero-order valence-corrected chi connectivity index (χ0v) is 16.1. The first-order chi connectivity index (χ1) is 14.1. The van der Waals surface area contributed by atoms with Gasteiger partial charge in [-0.05, 0) is 29.2 Å². The first-order valence-electron chi connectivity index (χ1n) is 9.53. The number of fused-ring (bicyclic) bond motifs is 3. The van der Waals surface area contributed by atoms with Crippen molar-refractivity contribution < 1.29 is 32.6 Å². The second-order valence-electron chi connectivity index (χ2n) is 7.99. The van der Waals surface area contributed by atoms with Gasteiger partial charge in [0, 0.05) is 19.0 Å². The van der Waals surface area contributed by atoms with Crippen LogP contribution in [0.5, 0.6) is 0 Å². The first kappa shape index (κ1) is 20.3. The summed E-state index contributed by atoms with van der Waals surface area (Å²) >= 11 is 0. The van der Waals surface area contributed by atoms with Gasteiger partial charge in [0.25, 0.3) is 0 Å². The summed E-state index contributed by atoms with van der Waals surface area (Å²) in [6.45, 7) is -0.488. The molecule has 0 aromatic heterocycles. The molecule has 2 aromatic carbocycles. The van der Waals surface area contributed by atoms with Crippen LogP contribution in [0.15, 0.2) is 48.5 Å². The van der Waals surface area contributed by atoms with Crippen molar-refractivity contribution in [1.82, 2.24) is 4.90 Å². The lowest BCUT2D eigenvalue weighted by Gasteiger charge is -2.30. The summed E-state index contributed by atoms with van der Waals surface area (Å²) in [5.74, 6) is -3.55. The minimum atomic E-state index is -4.76. The van der Waals surface area contributed by atoms with Crippen LogP contribution in [0.3, 0.4) is 0 Å². The Morgan fingerprint density at radius 2 is 1.63 bits per heavy atom. The van der Waals surface area contributed by atoms with E-state index < -0.39 is 42.7 Å². The molecule has 2 atom stereocenters. The standard InChI is InChI=1S/C22H20F3NO4/c1-21(22(23,24)25)12-26(10-18(21)19(27)28)20(29)30-11-17-15-8-4-2-6-13(15)14-7-3-5-9-16(14)17/h2-9,17-18H,10-12H2,1H3,(H,27,28)/t18-,21+/m1/s1. The molecule has 0 bridgehead atoms. The molecule has 1 heterocycles. The number of benzene rings is 2. The predicted molar refractivity (Wildman–Crippen MR) is 102 cm³/mol. The highest BCUT2D eigenvalue weighted by Crippen LogP contribution is 2.49. The molecule has 1 N–H and O–H groups in total. The van der Waals surface area contributed by atoms with E-state index in [0.717, 1.165) is 34.1 Å². The molecule has 1 aliphatic heterocycles. The Hall–Kier alpha value is -3.03. The van der Waals surface area contributed by atoms with E-state index in [-0.39, 0.29) is 12.5 Å². The second-order valence-corrected chi connectivity index (χ2v) is 7.99. The summed E-state index contributed by atoms with van der Waals surface area (Å²) in [7, 11) is 0. The number of carboxylic acids is 1. The van der Waals surface area contributed by atoms with Crippen LogP contribution in [-0.4, -0.2) is 47.9 Å². The van der Waals surface area contributed by atoms with E-state index in [1.165, 1.54) is 0 Å². The van der Waals surface area contributed by atoms with Crippen LogP contribution in [0.2, 0.25) is 0 Å². The minimum Gasteiger partial charge on any atom is -0.481 e. The number of halogens is 3. The molecular formula is C22H20F3NO4. The van der Waals surface area contributed by atoms with Gasteiger partial charge in [-0.25, -0.2) is 4.79 Å². The van der Waals surface area contributed by atoms with Crippen molar-refractivity contribution in [1.29, 1.82) is 0 Å². The van der Waals surface area contributed by atoms with Crippen LogP contribution < -0.4 is 0 Å². The molecule has 30 heavy (non-hydrogen) atoms. The van der Waals surface area contributed by atoms with Crippen molar-refractivity contribution in [3.63, 3.8) is 0 Å². The zero-order valence-electron chi connectivity index (χ0n) is 16.1. The maximum atomic E-state index is 13.5. The van der Waals surface area contributed by atoms with Gasteiger partial charge >= 0.3 is 18.2 Å². The van der Waals surface area contributed by atoms with Gasteiger partial charge in [0.2, 0.25) is 0 Å². The summed E-state index contributed by atoms with van der Waals surface area (Å²) in [4.78, 5) is 24.8. The lowest BCUT2D eigenvalue weighted by atomic mass is 9.79. The fourth-order valence-electron chi connectivity index (χ4n) is 4.46. The average molecular weight is 419 g/mol. The van der Waals surface area contributed by atoms with E-state index in [2.05, 4.69) is 0 Å². The molecule has 2 aliphatic rings. The van der Waals surface area contributed by atoms with Crippen LogP contribution in [-0.2, 0) is 9.53 Å². The summed E-state index contributed by atoms with van der Waals surface area (Å²) in [6.07, 6.45) is -5.69. The van der Waals surface area contributed by atoms with Crippen molar-refractivity contribution in [3.05, 3.63) is 59.7 Å². The Bertz CT molecular complexity index is 960. The molecule has 0 saturated carbocycles. The third-order valence-electron chi connectivity index (χ3n) is 6.23. The van der Waals surface area contributed by atoms with Gasteiger partial charge in [0.05, 0.1) is 11.3 Å². The normalized spacial score (nSPS) is 23.2. The second kappa shape index (κ2) is 7.04. The van der Waals surface area contributed by atoms with Gasteiger partial charge in [-0.3, -0.25) is 4.79 Å². The van der Waals surface area contributed by atoms with Gasteiger partial charge < -0.3 is 14.7 Å². The Labute approximate surface area is 171 Å². The molecular weight excluding hydrogens is 399 g/mol. The molecule has 0 spiro atoms. The number of ether oxygens (including phenoxy) is 1. The van der Waals surface area contributed by atoms with Crippen LogP contribution in [0, 0.1) is 11.3 Å². The van der Waals surface area contributed by atoms with Gasteiger partial charge in [-0.1, -0.05) is 48.5 Å². The van der Waals surface area contributed by atoms with Crippen molar-refractivity contribution in [3.8, 4) is 11.1 Å². The lowest BCUT2D eigenvalue weighted by molar-refractivity contribution is -0.228. The number of nitrogens with zero attached hydrogens (tertiary/aromatic N) is 1. The Kier molecular flexibility index (Phi) is 4.75. The smallest absolute Gasteiger partial charge is 0.409 e. The number of alkyl halides is 3. The van der Waals surface area contributed by atoms with Gasteiger partial charge in [-0.15, -0.1) is 0 Å². The van der Waals surface area contributed by atoms with Crippen LogP contribution in [0.1, 0.15) is 24.0 Å². The molecule has 0 unspecified atom stereocenters. The van der Waals surface area contributed by atoms with Gasteiger partial charge in [0.15, 0.2) is 0 Å². The van der Waals surface area contributed by atoms with Crippen molar-refractivity contribution >= 4 is 12.1 Å². The molecule has 8 heteroatoms. The highest BCUT2D eigenvalue weighted by atomic mass is 19.4. The molecule has 1 amide bonds. The molecule has 5 nitrogen and oxygen atoms in total. The third kappa shape index (κ3) is 3.11. The molecule has 4 rings (SSSR count). The number of carboxylic acid groups (broad SMARTS) is 1. The summed E-state index contributed by atoms with van der Waals surface area (Å²) < 4.78 is 45.9. The van der Waals surface area contributed by atoms with E-state index in [1.54, 1.807) is 0 Å². The highest BCUT2D eigenvalue weighted by molar-refractivity contribution is 5.79. The van der Waals surface area contributed by atoms with E-state index in [0.29, 0.717) is 0 Å². The number of amides is 1. The number of hydrogen-bond donors (Lipinski definition) is 1. The third-order valence-corrected chi connectivity index (χ3v) is 6.23. The summed E-state index contributed by atoms with van der Waals surface area (Å²) in [6, 6.07) is 15.4. The topological polar surface area (TPSA) is 66.8 Å². The molecule has 1 fully saturated rings. The Morgan fingerprint density at radius 1 is 1.10 bits per heavy atom. The fourth-order valence-corrected chi connectivity index (χ4v) is 4.46. The van der Waals surface area contributed by atoms with Crippen molar-refractivity contribution in [2.75, 3.05) is 19.7 Å². The van der Waals surface area contributed by atoms with Crippen molar-refractivity contribution in [2.45, 2.75) is 19.0 Å². The minimum absolute atomic E-state index is 0.0379. The maximum Gasteiger partial charge on any atom is 0.409 e. The molecule has 1 aliphatic carbocycles. The van der Waals surface area contributed by atoms with Crippen LogP contribution in [0.25, 0.3) is 11.1 Å². The van der Waals surface area contributed by atoms with Crippen LogP contribution in [0.4, 0.5) is 18.0 Å². The number of likely N-dealkylation sites (tertiary alicyclic amines) is 1. The predicted octanol–water partition coefficient (Wildman–Crippen LogP) is 4.52.